The molecule has 1 aromatic rings. The fourth-order valence-electron chi connectivity index (χ4n) is 1.60. The van der Waals surface area contributed by atoms with Crippen LogP contribution >= 0.6 is 15.9 Å². The summed E-state index contributed by atoms with van der Waals surface area (Å²) in [4.78, 5) is 10.7. The number of hydrogen-bond donors (Lipinski definition) is 4. The quantitative estimate of drug-likeness (QED) is 0.279. The fourth-order valence-corrected chi connectivity index (χ4v) is 1.98. The fraction of sp³-hybridized carbons (Fsp3) is 0.308. The highest BCUT2D eigenvalue weighted by molar-refractivity contribution is 9.10. The largest absolute Gasteiger partial charge is 0.508 e. The van der Waals surface area contributed by atoms with E-state index in [4.69, 9.17) is 5.21 Å². The van der Waals surface area contributed by atoms with Gasteiger partial charge in [0.25, 0.3) is 5.91 Å². The van der Waals surface area contributed by atoms with Gasteiger partial charge in [-0.1, -0.05) is 22.0 Å². The van der Waals surface area contributed by atoms with E-state index in [1.165, 1.54) is 17.6 Å². The summed E-state index contributed by atoms with van der Waals surface area (Å²) in [5, 5.41) is 27.9. The zero-order valence-corrected chi connectivity index (χ0v) is 11.8. The Labute approximate surface area is 119 Å². The molecule has 0 heterocycles. The molecule has 1 rings (SSSR count). The van der Waals surface area contributed by atoms with Crippen molar-refractivity contribution in [1.82, 2.24) is 5.48 Å². The van der Waals surface area contributed by atoms with E-state index in [9.17, 15) is 15.0 Å². The minimum absolute atomic E-state index is 0.0610. The molecule has 0 aromatic heterocycles. The van der Waals surface area contributed by atoms with Crippen molar-refractivity contribution in [1.29, 1.82) is 0 Å². The molecule has 0 unspecified atom stereocenters. The zero-order chi connectivity index (χ0) is 14.3. The first-order chi connectivity index (χ1) is 9.04. The van der Waals surface area contributed by atoms with Crippen LogP contribution in [0.1, 0.15) is 30.9 Å². The predicted molar refractivity (Wildman–Crippen MR) is 73.7 cm³/mol. The molecule has 0 saturated heterocycles. The number of aromatic hydroxyl groups is 1. The van der Waals surface area contributed by atoms with Crippen molar-refractivity contribution in [3.05, 3.63) is 40.4 Å². The molecule has 6 heteroatoms. The molecular formula is C13H16BrNO4. The standard InChI is InChI=1S/C13H16BrNO4/c14-9-6-7-12(17)10(8-9)11(16)4-2-1-3-5-13(18)15-19/h3,5-8,11,16-17,19H,1-2,4H2,(H,15,18)/b5-3+/t11-/m0/s1. The number of phenols is 1. The van der Waals surface area contributed by atoms with Crippen molar-refractivity contribution in [3.8, 4) is 5.75 Å². The van der Waals surface area contributed by atoms with Gasteiger partial charge in [-0.2, -0.15) is 0 Å². The van der Waals surface area contributed by atoms with Gasteiger partial charge in [-0.25, -0.2) is 5.48 Å². The van der Waals surface area contributed by atoms with Crippen LogP contribution in [0.3, 0.4) is 0 Å². The number of rotatable bonds is 6. The molecule has 1 aromatic carbocycles. The van der Waals surface area contributed by atoms with E-state index in [1.807, 2.05) is 0 Å². The maximum Gasteiger partial charge on any atom is 0.267 e. The van der Waals surface area contributed by atoms with Crippen molar-refractivity contribution in [3.63, 3.8) is 0 Å². The summed E-state index contributed by atoms with van der Waals surface area (Å²) < 4.78 is 0.791. The van der Waals surface area contributed by atoms with Gasteiger partial charge in [0.15, 0.2) is 0 Å². The monoisotopic (exact) mass is 329 g/mol. The lowest BCUT2D eigenvalue weighted by Gasteiger charge is -2.12. The summed E-state index contributed by atoms with van der Waals surface area (Å²) in [6, 6.07) is 4.89. The number of halogens is 1. The molecule has 0 bridgehead atoms. The minimum Gasteiger partial charge on any atom is -0.508 e. The van der Waals surface area contributed by atoms with Crippen molar-refractivity contribution in [2.24, 2.45) is 0 Å². The lowest BCUT2D eigenvalue weighted by atomic mass is 10.0. The number of allylic oxidation sites excluding steroid dienone is 1. The van der Waals surface area contributed by atoms with Crippen LogP contribution in [0.15, 0.2) is 34.8 Å². The molecule has 0 aliphatic rings. The van der Waals surface area contributed by atoms with Crippen LogP contribution in [0.4, 0.5) is 0 Å². The Morgan fingerprint density at radius 1 is 1.47 bits per heavy atom. The molecule has 5 nitrogen and oxygen atoms in total. The first-order valence-corrected chi connectivity index (χ1v) is 6.61. The second kappa shape index (κ2) is 7.93. The molecule has 0 aliphatic carbocycles. The second-order valence-electron chi connectivity index (χ2n) is 4.03. The van der Waals surface area contributed by atoms with E-state index in [-0.39, 0.29) is 5.75 Å². The number of benzene rings is 1. The summed E-state index contributed by atoms with van der Waals surface area (Å²) in [7, 11) is 0. The van der Waals surface area contributed by atoms with Crippen molar-refractivity contribution >= 4 is 21.8 Å². The maximum atomic E-state index is 10.7. The van der Waals surface area contributed by atoms with E-state index in [1.54, 1.807) is 18.2 Å². The van der Waals surface area contributed by atoms with Gasteiger partial charge in [0.2, 0.25) is 0 Å². The van der Waals surface area contributed by atoms with Crippen LogP contribution in [0, 0.1) is 0 Å². The molecule has 0 aliphatic heterocycles. The smallest absolute Gasteiger partial charge is 0.267 e. The molecule has 0 saturated carbocycles. The molecule has 1 amide bonds. The van der Waals surface area contributed by atoms with Crippen molar-refractivity contribution in [2.45, 2.75) is 25.4 Å². The number of carbonyl (C=O) groups is 1. The normalized spacial score (nSPS) is 12.6. The lowest BCUT2D eigenvalue weighted by molar-refractivity contribution is -0.124. The van der Waals surface area contributed by atoms with Gasteiger partial charge in [0.05, 0.1) is 6.10 Å². The van der Waals surface area contributed by atoms with Crippen LogP contribution in [-0.4, -0.2) is 21.3 Å². The van der Waals surface area contributed by atoms with Crippen LogP contribution in [0.25, 0.3) is 0 Å². The summed E-state index contributed by atoms with van der Waals surface area (Å²) in [5.74, 6) is -0.518. The van der Waals surface area contributed by atoms with Gasteiger partial charge in [0.1, 0.15) is 5.75 Å². The van der Waals surface area contributed by atoms with Gasteiger partial charge in [0, 0.05) is 16.1 Å². The average molecular weight is 330 g/mol. The van der Waals surface area contributed by atoms with Gasteiger partial charge < -0.3 is 10.2 Å². The highest BCUT2D eigenvalue weighted by atomic mass is 79.9. The van der Waals surface area contributed by atoms with Crippen molar-refractivity contribution in [2.75, 3.05) is 0 Å². The third kappa shape index (κ3) is 5.42. The van der Waals surface area contributed by atoms with Gasteiger partial charge in [-0.3, -0.25) is 10.0 Å². The third-order valence-corrected chi connectivity index (χ3v) is 3.07. The second-order valence-corrected chi connectivity index (χ2v) is 4.94. The summed E-state index contributed by atoms with van der Waals surface area (Å²) in [6.07, 6.45) is 3.80. The predicted octanol–water partition coefficient (Wildman–Crippen LogP) is 2.42. The van der Waals surface area contributed by atoms with E-state index < -0.39 is 12.0 Å². The Bertz CT molecular complexity index is 462. The first-order valence-electron chi connectivity index (χ1n) is 5.81. The highest BCUT2D eigenvalue weighted by Gasteiger charge is 2.12. The molecular weight excluding hydrogens is 314 g/mol. The Balaban J connectivity index is 2.43. The number of hydrogen-bond acceptors (Lipinski definition) is 4. The van der Waals surface area contributed by atoms with Gasteiger partial charge in [-0.05, 0) is 37.5 Å². The van der Waals surface area contributed by atoms with Gasteiger partial charge in [-0.15, -0.1) is 0 Å². The number of hydroxylamine groups is 1. The van der Waals surface area contributed by atoms with E-state index >= 15 is 0 Å². The number of phenolic OH excluding ortho intramolecular Hbond substituents is 1. The van der Waals surface area contributed by atoms with Crippen LogP contribution in [-0.2, 0) is 4.79 Å². The van der Waals surface area contributed by atoms with E-state index in [0.29, 0.717) is 24.8 Å². The number of aliphatic hydroxyl groups excluding tert-OH is 1. The summed E-state index contributed by atoms with van der Waals surface area (Å²) in [5.41, 5.74) is 1.97. The van der Waals surface area contributed by atoms with Crippen LogP contribution in [0.5, 0.6) is 5.75 Å². The minimum atomic E-state index is -0.752. The Kier molecular flexibility index (Phi) is 6.55. The van der Waals surface area contributed by atoms with Crippen LogP contribution < -0.4 is 5.48 Å². The number of unbranched alkanes of at least 4 members (excludes halogenated alkanes) is 1. The Morgan fingerprint density at radius 3 is 2.89 bits per heavy atom. The van der Waals surface area contributed by atoms with Crippen molar-refractivity contribution < 1.29 is 20.2 Å². The summed E-state index contributed by atoms with van der Waals surface area (Å²) in [6.45, 7) is 0. The lowest BCUT2D eigenvalue weighted by Crippen LogP contribution is -2.14. The molecule has 19 heavy (non-hydrogen) atoms. The molecule has 0 fully saturated rings. The van der Waals surface area contributed by atoms with E-state index in [2.05, 4.69) is 15.9 Å². The summed E-state index contributed by atoms with van der Waals surface area (Å²) >= 11 is 3.28. The molecule has 0 radical (unpaired) electrons. The third-order valence-electron chi connectivity index (χ3n) is 2.58. The average Bonchev–Trinajstić information content (AvgIpc) is 2.40. The van der Waals surface area contributed by atoms with Crippen LogP contribution in [0.2, 0.25) is 0 Å². The van der Waals surface area contributed by atoms with Gasteiger partial charge >= 0.3 is 0 Å². The number of aliphatic hydroxyl groups is 1. The zero-order valence-electron chi connectivity index (χ0n) is 10.2. The highest BCUT2D eigenvalue weighted by Crippen LogP contribution is 2.30. The van der Waals surface area contributed by atoms with E-state index in [0.717, 1.165) is 4.47 Å². The topological polar surface area (TPSA) is 89.8 Å². The molecule has 1 atom stereocenters. The molecule has 0 spiro atoms. The number of nitrogens with one attached hydrogen (secondary N) is 1. The number of amides is 1. The first kappa shape index (κ1) is 15.7. The Morgan fingerprint density at radius 2 is 2.21 bits per heavy atom. The maximum absolute atomic E-state index is 10.7. The SMILES string of the molecule is O=C(/C=C/CCC[C@H](O)c1cc(Br)ccc1O)NO. The Hall–Kier alpha value is -1.37. The molecule has 104 valence electrons. The number of carbonyl (C=O) groups excluding carboxylic acids is 1. The molecule has 4 N–H and O–H groups in total.